The van der Waals surface area contributed by atoms with Gasteiger partial charge in [0.05, 0.1) is 6.04 Å². The van der Waals surface area contributed by atoms with Gasteiger partial charge in [-0.3, -0.25) is 14.4 Å². The van der Waals surface area contributed by atoms with Crippen molar-refractivity contribution in [2.75, 3.05) is 50.0 Å². The normalized spacial score (nSPS) is 13.7. The maximum atomic E-state index is 13.2. The maximum absolute atomic E-state index is 13.2. The second-order valence-electron chi connectivity index (χ2n) is 11.9. The molecule has 3 atom stereocenters. The first kappa shape index (κ1) is 44.0. The Morgan fingerprint density at radius 1 is 0.870 bits per heavy atom. The number of nitrogens with zero attached hydrogens (tertiary/aromatic N) is 1. The van der Waals surface area contributed by atoms with E-state index in [4.69, 9.17) is 5.73 Å². The largest absolute Gasteiger partial charge is 0.355 e. The summed E-state index contributed by atoms with van der Waals surface area (Å²) in [7, 11) is 13.0. The quantitative estimate of drug-likeness (QED) is 0.0419. The lowest BCUT2D eigenvalue weighted by molar-refractivity contribution is -0.124. The van der Waals surface area contributed by atoms with Gasteiger partial charge in [-0.05, 0) is 68.9 Å². The second-order valence-corrected chi connectivity index (χ2v) is 22.1. The average Bonchev–Trinajstić information content (AvgIpc) is 3.01. The minimum atomic E-state index is -0.383. The van der Waals surface area contributed by atoms with Crippen LogP contribution in [0.4, 0.5) is 0 Å². The molecule has 1 rings (SSSR count). The SMILES string of the molecule is CC(C)CCC(=O)NCCSSCCNC(=O)CCNC(CCSSC(C)(P)CN)C(=O)NCCC(C)(C)SSc1ccccn1. The highest BCUT2D eigenvalue weighted by atomic mass is 33.1. The van der Waals surface area contributed by atoms with Crippen LogP contribution in [0.25, 0.3) is 0 Å². The molecular formula is C30H55N6O3PS6. The van der Waals surface area contributed by atoms with Gasteiger partial charge in [0.25, 0.3) is 0 Å². The van der Waals surface area contributed by atoms with E-state index in [1.165, 1.54) is 0 Å². The highest BCUT2D eigenvalue weighted by molar-refractivity contribution is 8.78. The average molecular weight is 771 g/mol. The summed E-state index contributed by atoms with van der Waals surface area (Å²) < 4.78 is -0.154. The molecule has 3 unspecified atom stereocenters. The van der Waals surface area contributed by atoms with E-state index in [0.29, 0.717) is 57.9 Å². The molecule has 9 nitrogen and oxygen atoms in total. The molecule has 1 aromatic rings. The van der Waals surface area contributed by atoms with Gasteiger partial charge in [-0.25, -0.2) is 4.98 Å². The second kappa shape index (κ2) is 25.9. The molecule has 46 heavy (non-hydrogen) atoms. The Morgan fingerprint density at radius 3 is 2.15 bits per heavy atom. The van der Waals surface area contributed by atoms with Crippen molar-refractivity contribution >= 4 is 91.7 Å². The number of carbonyl (C=O) groups is 3. The summed E-state index contributed by atoms with van der Waals surface area (Å²) in [6, 6.07) is 5.50. The molecule has 264 valence electrons. The number of nitrogens with one attached hydrogen (secondary N) is 4. The van der Waals surface area contributed by atoms with Crippen molar-refractivity contribution in [2.45, 2.75) is 87.0 Å². The Bertz CT molecular complexity index is 997. The van der Waals surface area contributed by atoms with Gasteiger partial charge < -0.3 is 27.0 Å². The van der Waals surface area contributed by atoms with Crippen LogP contribution in [0, 0.1) is 5.92 Å². The van der Waals surface area contributed by atoms with Gasteiger partial charge in [0, 0.05) is 78.3 Å². The first-order chi connectivity index (χ1) is 21.8. The Kier molecular flexibility index (Phi) is 24.8. The molecule has 0 saturated carbocycles. The van der Waals surface area contributed by atoms with E-state index in [-0.39, 0.29) is 33.0 Å². The van der Waals surface area contributed by atoms with Gasteiger partial charge in [0.2, 0.25) is 17.7 Å². The number of nitrogens with two attached hydrogens (primary N) is 1. The number of aromatic nitrogens is 1. The van der Waals surface area contributed by atoms with Gasteiger partial charge in [-0.15, -0.1) is 9.24 Å². The van der Waals surface area contributed by atoms with Crippen molar-refractivity contribution in [3.05, 3.63) is 24.4 Å². The van der Waals surface area contributed by atoms with Crippen LogP contribution in [0.5, 0.6) is 0 Å². The van der Waals surface area contributed by atoms with Gasteiger partial charge >= 0.3 is 0 Å². The third kappa shape index (κ3) is 24.2. The Labute approximate surface area is 303 Å². The zero-order valence-corrected chi connectivity index (χ0v) is 34.0. The molecule has 0 saturated heterocycles. The van der Waals surface area contributed by atoms with Gasteiger partial charge in [-0.1, -0.05) is 73.9 Å². The summed E-state index contributed by atoms with van der Waals surface area (Å²) >= 11 is 0. The monoisotopic (exact) mass is 770 g/mol. The number of carbonyl (C=O) groups excluding carboxylic acids is 3. The summed E-state index contributed by atoms with van der Waals surface area (Å²) in [6.07, 6.45) is 5.05. The maximum Gasteiger partial charge on any atom is 0.237 e. The summed E-state index contributed by atoms with van der Waals surface area (Å²) in [5, 5.41) is 13.3. The van der Waals surface area contributed by atoms with Crippen LogP contribution in [-0.2, 0) is 14.4 Å². The van der Waals surface area contributed by atoms with E-state index < -0.39 is 0 Å². The number of pyridine rings is 1. The minimum absolute atomic E-state index is 0.0366. The van der Waals surface area contributed by atoms with Gasteiger partial charge in [-0.2, -0.15) is 0 Å². The standard InChI is InChI=1S/C30H55N6O3PS6/c1-23(2)9-10-25(37)33-17-20-41-42-21-18-34-26(38)11-15-32-24(12-19-43-46-30(5,40)22-31)28(39)36-16-13-29(3,4)45-44-27-8-6-7-14-35-27/h6-8,14,23-24,32H,9-13,15-22,31,40H2,1-5H3,(H,33,37)(H,34,38)(H,36,39). The van der Waals surface area contributed by atoms with Gasteiger partial charge in [0.15, 0.2) is 0 Å². The fourth-order valence-electron chi connectivity index (χ4n) is 3.44. The van der Waals surface area contributed by atoms with E-state index in [0.717, 1.165) is 35.1 Å². The van der Waals surface area contributed by atoms with E-state index in [1.807, 2.05) is 18.2 Å². The molecule has 0 aromatic carbocycles. The van der Waals surface area contributed by atoms with Crippen molar-refractivity contribution in [2.24, 2.45) is 11.7 Å². The van der Waals surface area contributed by atoms with Crippen molar-refractivity contribution in [1.29, 1.82) is 0 Å². The molecule has 0 aliphatic heterocycles. The van der Waals surface area contributed by atoms with Crippen molar-refractivity contribution in [1.82, 2.24) is 26.3 Å². The first-order valence-electron chi connectivity index (χ1n) is 15.7. The molecule has 16 heteroatoms. The fraction of sp³-hybridized carbons (Fsp3) is 0.733. The lowest BCUT2D eigenvalue weighted by Crippen LogP contribution is -2.46. The lowest BCUT2D eigenvalue weighted by Gasteiger charge is -2.24. The van der Waals surface area contributed by atoms with Crippen LogP contribution in [0.3, 0.4) is 0 Å². The third-order valence-corrected chi connectivity index (χ3v) is 16.1. The lowest BCUT2D eigenvalue weighted by atomic mass is 10.1. The molecule has 0 aliphatic carbocycles. The van der Waals surface area contributed by atoms with Crippen LogP contribution in [-0.4, -0.2) is 88.0 Å². The summed E-state index contributed by atoms with van der Waals surface area (Å²) in [4.78, 5) is 41.7. The van der Waals surface area contributed by atoms with E-state index in [2.05, 4.69) is 70.1 Å². The summed E-state index contributed by atoms with van der Waals surface area (Å²) in [5.74, 6) is 2.97. The Morgan fingerprint density at radius 2 is 1.54 bits per heavy atom. The van der Waals surface area contributed by atoms with E-state index in [1.54, 1.807) is 71.0 Å². The van der Waals surface area contributed by atoms with Crippen LogP contribution in [0.2, 0.25) is 0 Å². The number of hydrogen-bond acceptors (Lipinski definition) is 12. The molecule has 6 N–H and O–H groups in total. The molecule has 1 aromatic heterocycles. The zero-order valence-electron chi connectivity index (χ0n) is 27.9. The predicted octanol–water partition coefficient (Wildman–Crippen LogP) is 5.83. The van der Waals surface area contributed by atoms with Crippen LogP contribution >= 0.6 is 74.0 Å². The molecule has 0 radical (unpaired) electrons. The van der Waals surface area contributed by atoms with Crippen molar-refractivity contribution in [3.8, 4) is 0 Å². The molecule has 3 amide bonds. The first-order valence-corrected chi connectivity index (χ1v) is 23.2. The summed E-state index contributed by atoms with van der Waals surface area (Å²) in [6.45, 7) is 13.4. The van der Waals surface area contributed by atoms with E-state index in [9.17, 15) is 14.4 Å². The minimum Gasteiger partial charge on any atom is -0.355 e. The number of rotatable bonds is 27. The Hall–Kier alpha value is 0.01000. The van der Waals surface area contributed by atoms with Crippen LogP contribution in [0.15, 0.2) is 29.4 Å². The highest BCUT2D eigenvalue weighted by Gasteiger charge is 2.23. The summed E-state index contributed by atoms with van der Waals surface area (Å²) in [5.41, 5.74) is 5.84. The molecule has 0 bridgehead atoms. The number of hydrogen-bond donors (Lipinski definition) is 5. The molecule has 1 heterocycles. The van der Waals surface area contributed by atoms with E-state index >= 15 is 0 Å². The van der Waals surface area contributed by atoms with Crippen molar-refractivity contribution < 1.29 is 14.4 Å². The molecular weight excluding hydrogens is 716 g/mol. The molecule has 0 spiro atoms. The smallest absolute Gasteiger partial charge is 0.237 e. The van der Waals surface area contributed by atoms with Crippen LogP contribution in [0.1, 0.15) is 66.7 Å². The highest BCUT2D eigenvalue weighted by Crippen LogP contribution is 2.41. The molecule has 0 fully saturated rings. The van der Waals surface area contributed by atoms with Crippen molar-refractivity contribution in [3.63, 3.8) is 0 Å². The predicted molar refractivity (Wildman–Crippen MR) is 213 cm³/mol. The zero-order chi connectivity index (χ0) is 34.3. The Balaban J connectivity index is 2.36. The molecule has 0 aliphatic rings. The topological polar surface area (TPSA) is 138 Å². The fourth-order valence-corrected chi connectivity index (χ4v) is 10.4. The van der Waals surface area contributed by atoms with Crippen LogP contribution < -0.4 is 27.0 Å². The van der Waals surface area contributed by atoms with Gasteiger partial charge in [0.1, 0.15) is 5.03 Å². The third-order valence-electron chi connectivity index (χ3n) is 6.27. The number of amides is 3.